The summed E-state index contributed by atoms with van der Waals surface area (Å²) >= 11 is 0. The standard InChI is InChI=1S/C12H25N3O3/c1-12(2,3)15-10(16)8-14-11(17)9(13)6-5-7-18-4/h9H,5-8,13H2,1-4H3,(H,14,17)(H,15,16). The molecule has 2 amide bonds. The highest BCUT2D eigenvalue weighted by Crippen LogP contribution is 1.98. The summed E-state index contributed by atoms with van der Waals surface area (Å²) < 4.78 is 4.87. The number of nitrogens with one attached hydrogen (secondary N) is 2. The first-order chi connectivity index (χ1) is 8.26. The van der Waals surface area contributed by atoms with Crippen LogP contribution in [0.15, 0.2) is 0 Å². The molecule has 1 atom stereocenters. The van der Waals surface area contributed by atoms with E-state index in [-0.39, 0.29) is 23.9 Å². The predicted molar refractivity (Wildman–Crippen MR) is 70.0 cm³/mol. The average Bonchev–Trinajstić information content (AvgIpc) is 2.23. The van der Waals surface area contributed by atoms with Gasteiger partial charge in [-0.25, -0.2) is 0 Å². The van der Waals surface area contributed by atoms with Gasteiger partial charge in [-0.3, -0.25) is 9.59 Å². The van der Waals surface area contributed by atoms with Gasteiger partial charge in [0.1, 0.15) is 0 Å². The average molecular weight is 259 g/mol. The molecule has 0 aliphatic rings. The van der Waals surface area contributed by atoms with Crippen LogP contribution in [0, 0.1) is 0 Å². The Morgan fingerprint density at radius 2 is 1.94 bits per heavy atom. The van der Waals surface area contributed by atoms with Crippen molar-refractivity contribution in [2.24, 2.45) is 5.73 Å². The number of carbonyl (C=O) groups excluding carboxylic acids is 2. The molecule has 1 unspecified atom stereocenters. The van der Waals surface area contributed by atoms with Crippen molar-refractivity contribution in [3.05, 3.63) is 0 Å². The van der Waals surface area contributed by atoms with Crippen LogP contribution < -0.4 is 16.4 Å². The minimum Gasteiger partial charge on any atom is -0.385 e. The Labute approximate surface area is 109 Å². The van der Waals surface area contributed by atoms with Gasteiger partial charge >= 0.3 is 0 Å². The van der Waals surface area contributed by atoms with E-state index in [9.17, 15) is 9.59 Å². The van der Waals surface area contributed by atoms with Gasteiger partial charge in [0.2, 0.25) is 11.8 Å². The van der Waals surface area contributed by atoms with E-state index in [0.29, 0.717) is 13.0 Å². The van der Waals surface area contributed by atoms with Gasteiger partial charge < -0.3 is 21.1 Å². The second-order valence-electron chi connectivity index (χ2n) is 5.26. The van der Waals surface area contributed by atoms with Crippen LogP contribution in [0.2, 0.25) is 0 Å². The molecule has 6 heteroatoms. The van der Waals surface area contributed by atoms with Crippen molar-refractivity contribution in [2.45, 2.75) is 45.2 Å². The van der Waals surface area contributed by atoms with Crippen molar-refractivity contribution in [1.29, 1.82) is 0 Å². The van der Waals surface area contributed by atoms with Crippen LogP contribution in [-0.4, -0.2) is 43.7 Å². The lowest BCUT2D eigenvalue weighted by Crippen LogP contribution is -2.48. The number of hydrogen-bond acceptors (Lipinski definition) is 4. The minimum atomic E-state index is -0.595. The van der Waals surface area contributed by atoms with E-state index >= 15 is 0 Å². The monoisotopic (exact) mass is 259 g/mol. The zero-order valence-corrected chi connectivity index (χ0v) is 11.7. The van der Waals surface area contributed by atoms with Crippen LogP contribution in [0.5, 0.6) is 0 Å². The van der Waals surface area contributed by atoms with Crippen LogP contribution in [0.1, 0.15) is 33.6 Å². The molecule has 0 heterocycles. The van der Waals surface area contributed by atoms with E-state index in [2.05, 4.69) is 10.6 Å². The molecule has 0 bridgehead atoms. The molecule has 0 aliphatic carbocycles. The van der Waals surface area contributed by atoms with Gasteiger partial charge in [-0.2, -0.15) is 0 Å². The zero-order valence-electron chi connectivity index (χ0n) is 11.7. The molecule has 4 N–H and O–H groups in total. The molecule has 0 aromatic heterocycles. The molecule has 0 aliphatic heterocycles. The summed E-state index contributed by atoms with van der Waals surface area (Å²) in [4.78, 5) is 23.0. The van der Waals surface area contributed by atoms with Gasteiger partial charge in [-0.15, -0.1) is 0 Å². The van der Waals surface area contributed by atoms with Crippen LogP contribution in [0.3, 0.4) is 0 Å². The molecule has 0 rings (SSSR count). The van der Waals surface area contributed by atoms with Crippen LogP contribution in [-0.2, 0) is 14.3 Å². The van der Waals surface area contributed by atoms with Gasteiger partial charge in [0.05, 0.1) is 12.6 Å². The molecule has 0 spiro atoms. The maximum Gasteiger partial charge on any atom is 0.239 e. The summed E-state index contributed by atoms with van der Waals surface area (Å²) in [5, 5.41) is 5.27. The Kier molecular flexibility index (Phi) is 7.54. The second kappa shape index (κ2) is 8.05. The molecule has 106 valence electrons. The lowest BCUT2D eigenvalue weighted by atomic mass is 10.1. The van der Waals surface area contributed by atoms with E-state index in [1.807, 2.05) is 20.8 Å². The summed E-state index contributed by atoms with van der Waals surface area (Å²) in [5.74, 6) is -0.532. The van der Waals surface area contributed by atoms with Crippen molar-refractivity contribution in [3.8, 4) is 0 Å². The lowest BCUT2D eigenvalue weighted by Gasteiger charge is -2.21. The third-order valence-electron chi connectivity index (χ3n) is 2.14. The summed E-state index contributed by atoms with van der Waals surface area (Å²) in [7, 11) is 1.60. The van der Waals surface area contributed by atoms with Gasteiger partial charge in [0.15, 0.2) is 0 Å². The number of rotatable bonds is 7. The largest absolute Gasteiger partial charge is 0.385 e. The molecule has 18 heavy (non-hydrogen) atoms. The van der Waals surface area contributed by atoms with Gasteiger partial charge in [0, 0.05) is 19.3 Å². The smallest absolute Gasteiger partial charge is 0.239 e. The van der Waals surface area contributed by atoms with Gasteiger partial charge in [-0.05, 0) is 33.6 Å². The van der Waals surface area contributed by atoms with Gasteiger partial charge in [0.25, 0.3) is 0 Å². The fourth-order valence-electron chi connectivity index (χ4n) is 1.34. The molecule has 0 radical (unpaired) electrons. The van der Waals surface area contributed by atoms with Gasteiger partial charge in [-0.1, -0.05) is 0 Å². The molecule has 6 nitrogen and oxygen atoms in total. The molecule has 0 saturated carbocycles. The molecule has 0 aromatic rings. The number of methoxy groups -OCH3 is 1. The Morgan fingerprint density at radius 1 is 1.33 bits per heavy atom. The normalized spacial score (nSPS) is 12.9. The Morgan fingerprint density at radius 3 is 2.44 bits per heavy atom. The topological polar surface area (TPSA) is 93.4 Å². The second-order valence-corrected chi connectivity index (χ2v) is 5.26. The lowest BCUT2D eigenvalue weighted by molar-refractivity contribution is -0.127. The zero-order chi connectivity index (χ0) is 14.2. The summed E-state index contributed by atoms with van der Waals surface area (Å²) in [5.41, 5.74) is 5.37. The fraction of sp³-hybridized carbons (Fsp3) is 0.833. The molecule has 0 aromatic carbocycles. The van der Waals surface area contributed by atoms with E-state index in [1.165, 1.54) is 0 Å². The predicted octanol–water partition coefficient (Wildman–Crippen LogP) is -0.229. The summed E-state index contributed by atoms with van der Waals surface area (Å²) in [6, 6.07) is -0.595. The number of nitrogens with two attached hydrogens (primary N) is 1. The minimum absolute atomic E-state index is 0.0475. The summed E-state index contributed by atoms with van der Waals surface area (Å²) in [6.07, 6.45) is 1.26. The van der Waals surface area contributed by atoms with E-state index in [1.54, 1.807) is 7.11 Å². The van der Waals surface area contributed by atoms with Crippen LogP contribution in [0.25, 0.3) is 0 Å². The Bertz CT molecular complexity index is 274. The van der Waals surface area contributed by atoms with Crippen molar-refractivity contribution in [3.63, 3.8) is 0 Å². The Hall–Kier alpha value is -1.14. The van der Waals surface area contributed by atoms with Crippen LogP contribution in [0.4, 0.5) is 0 Å². The molecular weight excluding hydrogens is 234 g/mol. The maximum absolute atomic E-state index is 11.6. The first-order valence-electron chi connectivity index (χ1n) is 6.09. The maximum atomic E-state index is 11.6. The highest BCUT2D eigenvalue weighted by Gasteiger charge is 2.16. The molecule has 0 fully saturated rings. The van der Waals surface area contributed by atoms with Crippen molar-refractivity contribution >= 4 is 11.8 Å². The quantitative estimate of drug-likeness (QED) is 0.551. The first kappa shape index (κ1) is 16.9. The summed E-state index contributed by atoms with van der Waals surface area (Å²) in [6.45, 7) is 6.16. The highest BCUT2D eigenvalue weighted by atomic mass is 16.5. The molecule has 0 saturated heterocycles. The van der Waals surface area contributed by atoms with Crippen molar-refractivity contribution < 1.29 is 14.3 Å². The van der Waals surface area contributed by atoms with E-state index < -0.39 is 6.04 Å². The fourth-order valence-corrected chi connectivity index (χ4v) is 1.34. The van der Waals surface area contributed by atoms with Crippen molar-refractivity contribution in [1.82, 2.24) is 10.6 Å². The number of ether oxygens (including phenoxy) is 1. The SMILES string of the molecule is COCCCC(N)C(=O)NCC(=O)NC(C)(C)C. The third-order valence-corrected chi connectivity index (χ3v) is 2.14. The molecular formula is C12H25N3O3. The van der Waals surface area contributed by atoms with E-state index in [4.69, 9.17) is 10.5 Å². The van der Waals surface area contributed by atoms with Crippen LogP contribution >= 0.6 is 0 Å². The third kappa shape index (κ3) is 8.95. The number of carbonyl (C=O) groups is 2. The van der Waals surface area contributed by atoms with Crippen molar-refractivity contribution in [2.75, 3.05) is 20.3 Å². The number of amides is 2. The highest BCUT2D eigenvalue weighted by molar-refractivity contribution is 5.87. The van der Waals surface area contributed by atoms with E-state index in [0.717, 1.165) is 6.42 Å². The first-order valence-corrected chi connectivity index (χ1v) is 6.09. The Balaban J connectivity index is 3.85. The number of hydrogen-bond donors (Lipinski definition) is 3.